The van der Waals surface area contributed by atoms with Crippen molar-refractivity contribution in [3.05, 3.63) is 39.7 Å². The molecule has 1 saturated heterocycles. The van der Waals surface area contributed by atoms with Crippen molar-refractivity contribution < 1.29 is 14.6 Å². The second-order valence-corrected chi connectivity index (χ2v) is 7.59. The minimum Gasteiger partial charge on any atom is -0.493 e. The second-order valence-electron chi connectivity index (χ2n) is 7.59. The number of carboxylic acid groups (broad SMARTS) is 1. The van der Waals surface area contributed by atoms with Crippen LogP contribution in [0.3, 0.4) is 0 Å². The largest absolute Gasteiger partial charge is 0.493 e. The van der Waals surface area contributed by atoms with Crippen LogP contribution in [0.5, 0.6) is 5.75 Å². The van der Waals surface area contributed by atoms with Crippen molar-refractivity contribution in [1.82, 2.24) is 9.47 Å². The molecule has 0 bridgehead atoms. The number of hydrogen-bond donors (Lipinski definition) is 1. The Morgan fingerprint density at radius 2 is 2.11 bits per heavy atom. The van der Waals surface area contributed by atoms with Crippen molar-refractivity contribution in [1.29, 1.82) is 0 Å². The molecule has 1 aliphatic heterocycles. The average molecular weight is 386 g/mol. The van der Waals surface area contributed by atoms with Gasteiger partial charge in [0.1, 0.15) is 11.3 Å². The van der Waals surface area contributed by atoms with Gasteiger partial charge in [-0.25, -0.2) is 4.79 Å². The Hall–Kier alpha value is -2.34. The fraction of sp³-hybridized carbons (Fsp3) is 0.545. The summed E-state index contributed by atoms with van der Waals surface area (Å²) in [7, 11) is 0. The zero-order valence-corrected chi connectivity index (χ0v) is 17.0. The molecule has 1 aromatic carbocycles. The van der Waals surface area contributed by atoms with Crippen LogP contribution < -0.4 is 10.2 Å². The number of benzene rings is 1. The Morgan fingerprint density at radius 3 is 2.79 bits per heavy atom. The predicted octanol–water partition coefficient (Wildman–Crippen LogP) is 3.67. The Kier molecular flexibility index (Phi) is 6.39. The third-order valence-corrected chi connectivity index (χ3v) is 5.68. The number of aromatic carboxylic acids is 1. The van der Waals surface area contributed by atoms with E-state index >= 15 is 0 Å². The standard InChI is InChI=1S/C22H30N2O4/c1-4-6-10-28-20-12-19-17(11-15(20)3)21(25)18(22(26)27)14-24(19)13-16-8-7-9-23(16)5-2/h11-12,14,16H,4-10,13H2,1-3H3,(H,26,27). The highest BCUT2D eigenvalue weighted by atomic mass is 16.5. The Bertz CT molecular complexity index is 919. The topological polar surface area (TPSA) is 71.8 Å². The fourth-order valence-corrected chi connectivity index (χ4v) is 4.06. The molecule has 0 amide bonds. The molecule has 0 aliphatic carbocycles. The van der Waals surface area contributed by atoms with Gasteiger partial charge in [0.05, 0.1) is 12.1 Å². The number of likely N-dealkylation sites (N-methyl/N-ethyl adjacent to an activating group) is 1. The van der Waals surface area contributed by atoms with Crippen LogP contribution in [0.4, 0.5) is 0 Å². The SMILES string of the molecule is CCCCOc1cc2c(cc1C)c(=O)c(C(=O)O)cn2CC1CCCN1CC. The zero-order valence-electron chi connectivity index (χ0n) is 17.0. The molecule has 2 heterocycles. The Morgan fingerprint density at radius 1 is 1.32 bits per heavy atom. The summed E-state index contributed by atoms with van der Waals surface area (Å²) < 4.78 is 7.86. The van der Waals surface area contributed by atoms with E-state index in [0.29, 0.717) is 24.6 Å². The second kappa shape index (κ2) is 8.78. The van der Waals surface area contributed by atoms with Crippen molar-refractivity contribution in [2.75, 3.05) is 19.7 Å². The number of ether oxygens (including phenoxy) is 1. The maximum Gasteiger partial charge on any atom is 0.341 e. The van der Waals surface area contributed by atoms with Crippen LogP contribution in [0.1, 0.15) is 55.5 Å². The van der Waals surface area contributed by atoms with Gasteiger partial charge in [-0.15, -0.1) is 0 Å². The van der Waals surface area contributed by atoms with Gasteiger partial charge >= 0.3 is 5.97 Å². The molecule has 1 aliphatic rings. The minimum atomic E-state index is -1.18. The monoisotopic (exact) mass is 386 g/mol. The molecule has 6 heteroatoms. The van der Waals surface area contributed by atoms with Crippen molar-refractivity contribution >= 4 is 16.9 Å². The van der Waals surface area contributed by atoms with Gasteiger partial charge in [0.25, 0.3) is 0 Å². The lowest BCUT2D eigenvalue weighted by Gasteiger charge is -2.25. The smallest absolute Gasteiger partial charge is 0.341 e. The van der Waals surface area contributed by atoms with Gasteiger partial charge in [-0.1, -0.05) is 20.3 Å². The number of aryl methyl sites for hydroxylation is 1. The molecule has 0 saturated carbocycles. The molecule has 28 heavy (non-hydrogen) atoms. The summed E-state index contributed by atoms with van der Waals surface area (Å²) in [5.41, 5.74) is 0.995. The van der Waals surface area contributed by atoms with E-state index in [1.807, 2.05) is 17.6 Å². The molecule has 1 fully saturated rings. The predicted molar refractivity (Wildman–Crippen MR) is 111 cm³/mol. The van der Waals surface area contributed by atoms with Gasteiger partial charge in [-0.3, -0.25) is 9.69 Å². The number of nitrogens with zero attached hydrogens (tertiary/aromatic N) is 2. The summed E-state index contributed by atoms with van der Waals surface area (Å²) >= 11 is 0. The van der Waals surface area contributed by atoms with E-state index in [0.717, 1.165) is 55.6 Å². The highest BCUT2D eigenvalue weighted by Crippen LogP contribution is 2.26. The maximum atomic E-state index is 12.8. The Labute approximate surface area is 165 Å². The van der Waals surface area contributed by atoms with Crippen LogP contribution in [0.15, 0.2) is 23.1 Å². The minimum absolute atomic E-state index is 0.174. The summed E-state index contributed by atoms with van der Waals surface area (Å²) in [6.07, 6.45) is 5.75. The summed E-state index contributed by atoms with van der Waals surface area (Å²) in [6, 6.07) is 4.02. The summed E-state index contributed by atoms with van der Waals surface area (Å²) in [4.78, 5) is 26.8. The van der Waals surface area contributed by atoms with Crippen molar-refractivity contribution in [3.8, 4) is 5.75 Å². The average Bonchev–Trinajstić information content (AvgIpc) is 3.12. The van der Waals surface area contributed by atoms with Crippen LogP contribution in [-0.4, -0.2) is 46.3 Å². The van der Waals surface area contributed by atoms with Gasteiger partial charge < -0.3 is 14.4 Å². The molecule has 1 aromatic heterocycles. The molecule has 6 nitrogen and oxygen atoms in total. The van der Waals surface area contributed by atoms with Gasteiger partial charge in [0.15, 0.2) is 0 Å². The number of aromatic nitrogens is 1. The number of likely N-dealkylation sites (tertiary alicyclic amines) is 1. The fourth-order valence-electron chi connectivity index (χ4n) is 4.06. The number of unbranched alkanes of at least 4 members (excludes halogenated alkanes) is 1. The van der Waals surface area contributed by atoms with Gasteiger partial charge in [0, 0.05) is 30.2 Å². The first kappa shape index (κ1) is 20.4. The molecule has 152 valence electrons. The van der Waals surface area contributed by atoms with E-state index in [1.54, 1.807) is 6.07 Å². The van der Waals surface area contributed by atoms with E-state index in [4.69, 9.17) is 4.74 Å². The first-order valence-electron chi connectivity index (χ1n) is 10.2. The van der Waals surface area contributed by atoms with Gasteiger partial charge in [0.2, 0.25) is 5.43 Å². The van der Waals surface area contributed by atoms with Crippen LogP contribution in [0.25, 0.3) is 10.9 Å². The lowest BCUT2D eigenvalue weighted by molar-refractivity contribution is 0.0694. The lowest BCUT2D eigenvalue weighted by Crippen LogP contribution is -2.33. The summed E-state index contributed by atoms with van der Waals surface area (Å²) in [6.45, 7) is 9.49. The lowest BCUT2D eigenvalue weighted by atomic mass is 10.1. The summed E-state index contributed by atoms with van der Waals surface area (Å²) in [5.74, 6) is -0.420. The molecule has 1 atom stereocenters. The molecule has 0 radical (unpaired) electrons. The highest BCUT2D eigenvalue weighted by Gasteiger charge is 2.25. The highest BCUT2D eigenvalue weighted by molar-refractivity contribution is 5.93. The van der Waals surface area contributed by atoms with Crippen LogP contribution in [0.2, 0.25) is 0 Å². The molecule has 0 spiro atoms. The molecule has 3 rings (SSSR count). The van der Waals surface area contributed by atoms with Crippen LogP contribution in [0, 0.1) is 6.92 Å². The van der Waals surface area contributed by atoms with Gasteiger partial charge in [-0.05, 0) is 50.9 Å². The van der Waals surface area contributed by atoms with Gasteiger partial charge in [-0.2, -0.15) is 0 Å². The molecule has 1 unspecified atom stereocenters. The molecular formula is C22H30N2O4. The zero-order chi connectivity index (χ0) is 20.3. The van der Waals surface area contributed by atoms with E-state index < -0.39 is 11.4 Å². The quantitative estimate of drug-likeness (QED) is 0.701. The van der Waals surface area contributed by atoms with Crippen LogP contribution >= 0.6 is 0 Å². The maximum absolute atomic E-state index is 12.8. The van der Waals surface area contributed by atoms with Crippen LogP contribution in [-0.2, 0) is 6.54 Å². The van der Waals surface area contributed by atoms with Crippen molar-refractivity contribution in [3.63, 3.8) is 0 Å². The Balaban J connectivity index is 2.10. The molecular weight excluding hydrogens is 356 g/mol. The number of hydrogen-bond acceptors (Lipinski definition) is 4. The normalized spacial score (nSPS) is 17.3. The number of fused-ring (bicyclic) bond motifs is 1. The first-order valence-corrected chi connectivity index (χ1v) is 10.2. The molecule has 1 N–H and O–H groups in total. The summed E-state index contributed by atoms with van der Waals surface area (Å²) in [5, 5.41) is 9.97. The van der Waals surface area contributed by atoms with E-state index in [-0.39, 0.29) is 5.56 Å². The number of carboxylic acids is 1. The number of rotatable bonds is 8. The van der Waals surface area contributed by atoms with Crippen molar-refractivity contribution in [2.45, 2.75) is 59.0 Å². The van der Waals surface area contributed by atoms with E-state index in [2.05, 4.69) is 18.7 Å². The number of pyridine rings is 1. The van der Waals surface area contributed by atoms with E-state index in [1.165, 1.54) is 6.20 Å². The van der Waals surface area contributed by atoms with E-state index in [9.17, 15) is 14.7 Å². The van der Waals surface area contributed by atoms with Crippen molar-refractivity contribution in [2.24, 2.45) is 0 Å². The third-order valence-electron chi connectivity index (χ3n) is 5.68. The molecule has 2 aromatic rings. The third kappa shape index (κ3) is 4.07. The first-order chi connectivity index (χ1) is 13.5. The number of carbonyl (C=O) groups is 1.